The van der Waals surface area contributed by atoms with E-state index in [2.05, 4.69) is 5.32 Å². The second-order valence-corrected chi connectivity index (χ2v) is 6.77. The van der Waals surface area contributed by atoms with Crippen LogP contribution in [-0.2, 0) is 16.1 Å². The fraction of sp³-hybridized carbons (Fsp3) is 0.130. The summed E-state index contributed by atoms with van der Waals surface area (Å²) in [6.07, 6.45) is -0.103. The zero-order chi connectivity index (χ0) is 20.6. The van der Waals surface area contributed by atoms with Crippen molar-refractivity contribution in [3.8, 4) is 0 Å². The summed E-state index contributed by atoms with van der Waals surface area (Å²) in [7, 11) is 0. The van der Waals surface area contributed by atoms with Crippen LogP contribution in [0.1, 0.15) is 33.9 Å². The maximum Gasteiger partial charge on any atom is 0.308 e. The predicted molar refractivity (Wildman–Crippen MR) is 109 cm³/mol. The summed E-state index contributed by atoms with van der Waals surface area (Å²) in [4.78, 5) is 24.9. The minimum atomic E-state index is -0.590. The lowest BCUT2D eigenvalue weighted by atomic mass is 10.0. The average molecular weight is 412 g/mol. The standard InChI is InChI=1S/C23H19ClFNO3/c24-19-12-7-13-20(25)18(19)15-29-22(27)14-21(16-8-3-1-4-9-16)26-23(28)17-10-5-2-6-11-17/h1-13,21H,14-15H2,(H,26,28)/t21-/m0/s1. The Hall–Kier alpha value is -3.18. The van der Waals surface area contributed by atoms with Gasteiger partial charge >= 0.3 is 5.97 Å². The second kappa shape index (κ2) is 9.85. The van der Waals surface area contributed by atoms with E-state index in [1.807, 2.05) is 36.4 Å². The minimum absolute atomic E-state index is 0.103. The zero-order valence-electron chi connectivity index (χ0n) is 15.5. The second-order valence-electron chi connectivity index (χ2n) is 6.37. The molecule has 0 spiro atoms. The summed E-state index contributed by atoms with van der Waals surface area (Å²) in [5.41, 5.74) is 1.37. The maximum atomic E-state index is 13.9. The zero-order valence-corrected chi connectivity index (χ0v) is 16.2. The van der Waals surface area contributed by atoms with Crippen molar-refractivity contribution in [2.45, 2.75) is 19.1 Å². The largest absolute Gasteiger partial charge is 0.461 e. The van der Waals surface area contributed by atoms with Gasteiger partial charge in [-0.3, -0.25) is 9.59 Å². The Bertz CT molecular complexity index is 960. The molecule has 0 heterocycles. The van der Waals surface area contributed by atoms with Gasteiger partial charge in [-0.15, -0.1) is 0 Å². The molecule has 0 unspecified atom stereocenters. The molecule has 0 aliphatic rings. The van der Waals surface area contributed by atoms with Crippen LogP contribution in [0, 0.1) is 5.82 Å². The van der Waals surface area contributed by atoms with Crippen molar-refractivity contribution in [1.29, 1.82) is 0 Å². The average Bonchev–Trinajstić information content (AvgIpc) is 2.74. The molecule has 0 fully saturated rings. The van der Waals surface area contributed by atoms with E-state index in [0.717, 1.165) is 5.56 Å². The third-order valence-electron chi connectivity index (χ3n) is 4.35. The number of carbonyl (C=O) groups is 2. The van der Waals surface area contributed by atoms with Gasteiger partial charge in [-0.05, 0) is 29.8 Å². The summed E-state index contributed by atoms with van der Waals surface area (Å²) in [5, 5.41) is 3.05. The molecule has 0 aromatic heterocycles. The number of hydrogen-bond donors (Lipinski definition) is 1. The first-order chi connectivity index (χ1) is 14.0. The number of nitrogens with one attached hydrogen (secondary N) is 1. The van der Waals surface area contributed by atoms with Crippen LogP contribution in [-0.4, -0.2) is 11.9 Å². The molecule has 0 saturated heterocycles. The predicted octanol–water partition coefficient (Wildman–Crippen LogP) is 5.08. The van der Waals surface area contributed by atoms with Gasteiger partial charge in [-0.25, -0.2) is 4.39 Å². The molecule has 0 saturated carbocycles. The molecule has 0 aliphatic carbocycles. The number of halogens is 2. The van der Waals surface area contributed by atoms with Crippen LogP contribution in [0.3, 0.4) is 0 Å². The van der Waals surface area contributed by atoms with Crippen molar-refractivity contribution in [3.05, 3.63) is 106 Å². The van der Waals surface area contributed by atoms with Gasteiger partial charge in [0, 0.05) is 11.1 Å². The molecular weight excluding hydrogens is 393 g/mol. The summed E-state index contributed by atoms with van der Waals surface area (Å²) in [6, 6.07) is 21.5. The van der Waals surface area contributed by atoms with Crippen LogP contribution in [0.4, 0.5) is 4.39 Å². The van der Waals surface area contributed by atoms with E-state index in [1.54, 1.807) is 24.3 Å². The molecule has 3 rings (SSSR count). The van der Waals surface area contributed by atoms with Gasteiger partial charge in [0.1, 0.15) is 12.4 Å². The van der Waals surface area contributed by atoms with Crippen LogP contribution in [0.15, 0.2) is 78.9 Å². The van der Waals surface area contributed by atoms with Gasteiger partial charge in [-0.2, -0.15) is 0 Å². The topological polar surface area (TPSA) is 55.4 Å². The Morgan fingerprint density at radius 1 is 0.931 bits per heavy atom. The molecule has 0 bridgehead atoms. The van der Waals surface area contributed by atoms with E-state index in [1.165, 1.54) is 18.2 Å². The number of benzene rings is 3. The van der Waals surface area contributed by atoms with Gasteiger partial charge in [-0.1, -0.05) is 66.2 Å². The number of amides is 1. The molecule has 1 atom stereocenters. The number of rotatable bonds is 7. The molecule has 148 valence electrons. The van der Waals surface area contributed by atoms with Crippen molar-refractivity contribution >= 4 is 23.5 Å². The third-order valence-corrected chi connectivity index (χ3v) is 4.71. The fourth-order valence-electron chi connectivity index (χ4n) is 2.82. The molecule has 6 heteroatoms. The summed E-state index contributed by atoms with van der Waals surface area (Å²) < 4.78 is 19.1. The Labute approximate surface area is 173 Å². The van der Waals surface area contributed by atoms with Gasteiger partial charge in [0.25, 0.3) is 5.91 Å². The van der Waals surface area contributed by atoms with E-state index >= 15 is 0 Å². The smallest absolute Gasteiger partial charge is 0.308 e. The Morgan fingerprint density at radius 2 is 1.59 bits per heavy atom. The van der Waals surface area contributed by atoms with Gasteiger partial charge in [0.2, 0.25) is 0 Å². The van der Waals surface area contributed by atoms with Gasteiger partial charge < -0.3 is 10.1 Å². The highest BCUT2D eigenvalue weighted by molar-refractivity contribution is 6.31. The normalized spacial score (nSPS) is 11.5. The molecule has 3 aromatic rings. The number of esters is 1. The van der Waals surface area contributed by atoms with Crippen molar-refractivity contribution in [1.82, 2.24) is 5.32 Å². The number of ether oxygens (including phenoxy) is 1. The number of carbonyl (C=O) groups excluding carboxylic acids is 2. The molecule has 1 N–H and O–H groups in total. The molecule has 3 aromatic carbocycles. The monoisotopic (exact) mass is 411 g/mol. The van der Waals surface area contributed by atoms with Crippen LogP contribution in [0.25, 0.3) is 0 Å². The Balaban J connectivity index is 1.70. The third kappa shape index (κ3) is 5.65. The first-order valence-corrected chi connectivity index (χ1v) is 9.42. The lowest BCUT2D eigenvalue weighted by Gasteiger charge is -2.19. The quantitative estimate of drug-likeness (QED) is 0.551. The molecule has 29 heavy (non-hydrogen) atoms. The van der Waals surface area contributed by atoms with Crippen molar-refractivity contribution < 1.29 is 18.7 Å². The van der Waals surface area contributed by atoms with Crippen LogP contribution < -0.4 is 5.32 Å². The van der Waals surface area contributed by atoms with Crippen LogP contribution in [0.2, 0.25) is 5.02 Å². The molecule has 4 nitrogen and oxygen atoms in total. The van der Waals surface area contributed by atoms with E-state index in [0.29, 0.717) is 5.56 Å². The van der Waals surface area contributed by atoms with E-state index in [4.69, 9.17) is 16.3 Å². The van der Waals surface area contributed by atoms with Gasteiger partial charge in [0.05, 0.1) is 17.5 Å². The van der Waals surface area contributed by atoms with E-state index in [9.17, 15) is 14.0 Å². The van der Waals surface area contributed by atoms with Crippen molar-refractivity contribution in [2.75, 3.05) is 0 Å². The van der Waals surface area contributed by atoms with Crippen LogP contribution >= 0.6 is 11.6 Å². The van der Waals surface area contributed by atoms with E-state index in [-0.39, 0.29) is 29.5 Å². The summed E-state index contributed by atoms with van der Waals surface area (Å²) in [6.45, 7) is -0.279. The van der Waals surface area contributed by atoms with Crippen molar-refractivity contribution in [2.24, 2.45) is 0 Å². The minimum Gasteiger partial charge on any atom is -0.461 e. The van der Waals surface area contributed by atoms with Crippen molar-refractivity contribution in [3.63, 3.8) is 0 Å². The molecule has 0 aliphatic heterocycles. The first-order valence-electron chi connectivity index (χ1n) is 9.04. The molecule has 1 amide bonds. The highest BCUT2D eigenvalue weighted by atomic mass is 35.5. The Morgan fingerprint density at radius 3 is 2.24 bits per heavy atom. The Kier molecular flexibility index (Phi) is 6.98. The van der Waals surface area contributed by atoms with Crippen LogP contribution in [0.5, 0.6) is 0 Å². The van der Waals surface area contributed by atoms with E-state index < -0.39 is 17.8 Å². The SMILES string of the molecule is O=C(C[C@H](NC(=O)c1ccccc1)c1ccccc1)OCc1c(F)cccc1Cl. The fourth-order valence-corrected chi connectivity index (χ4v) is 3.03. The first kappa shape index (κ1) is 20.6. The maximum absolute atomic E-state index is 13.9. The summed E-state index contributed by atoms with van der Waals surface area (Å²) >= 11 is 5.96. The summed E-state index contributed by atoms with van der Waals surface area (Å²) in [5.74, 6) is -1.42. The molecular formula is C23H19ClFNO3. The lowest BCUT2D eigenvalue weighted by Crippen LogP contribution is -2.30. The lowest BCUT2D eigenvalue weighted by molar-refractivity contribution is -0.145. The molecule has 0 radical (unpaired) electrons. The highest BCUT2D eigenvalue weighted by Gasteiger charge is 2.20. The van der Waals surface area contributed by atoms with Gasteiger partial charge in [0.15, 0.2) is 0 Å². The highest BCUT2D eigenvalue weighted by Crippen LogP contribution is 2.22. The number of hydrogen-bond acceptors (Lipinski definition) is 3.